The van der Waals surface area contributed by atoms with Gasteiger partial charge in [0.2, 0.25) is 0 Å². The Kier molecular flexibility index (Phi) is 8.12. The van der Waals surface area contributed by atoms with Crippen LogP contribution in [-0.2, 0) is 16.7 Å². The summed E-state index contributed by atoms with van der Waals surface area (Å²) >= 11 is 6.24. The molecule has 0 atom stereocenters. The number of nitrogens with zero attached hydrogens (tertiary/aromatic N) is 2. The molecule has 0 fully saturated rings. The smallest absolute Gasteiger partial charge is 0.273 e. The summed E-state index contributed by atoms with van der Waals surface area (Å²) in [6.07, 6.45) is 3.98. The van der Waals surface area contributed by atoms with Gasteiger partial charge in [-0.05, 0) is 31.0 Å². The van der Waals surface area contributed by atoms with Crippen molar-refractivity contribution in [3.8, 4) is 0 Å². The van der Waals surface area contributed by atoms with Crippen molar-refractivity contribution in [1.82, 2.24) is 9.88 Å². The van der Waals surface area contributed by atoms with Crippen molar-refractivity contribution in [2.75, 3.05) is 6.26 Å². The minimum Gasteiger partial charge on any atom is -0.412 e. The number of aromatic nitrogens is 1. The molecule has 2 heterocycles. The number of nitrogens with two attached hydrogens (primary N) is 1. The van der Waals surface area contributed by atoms with Crippen LogP contribution in [0.2, 0.25) is 5.02 Å². The maximum absolute atomic E-state index is 12.3. The van der Waals surface area contributed by atoms with Gasteiger partial charge in [0.1, 0.15) is 12.0 Å². The minimum atomic E-state index is -3.67. The summed E-state index contributed by atoms with van der Waals surface area (Å²) in [5, 5.41) is 6.98. The van der Waals surface area contributed by atoms with Crippen LogP contribution in [0.5, 0.6) is 0 Å². The lowest BCUT2D eigenvalue weighted by atomic mass is 10.0. The van der Waals surface area contributed by atoms with Crippen molar-refractivity contribution in [3.63, 3.8) is 0 Å². The number of nitrogens with one attached hydrogen (secondary N) is 1. The second-order valence-electron chi connectivity index (χ2n) is 5.90. The van der Waals surface area contributed by atoms with Crippen LogP contribution in [0.15, 0.2) is 23.3 Å². The Bertz CT molecular complexity index is 1010. The summed E-state index contributed by atoms with van der Waals surface area (Å²) in [7, 11) is -3.67. The molecule has 1 aromatic heterocycles. The summed E-state index contributed by atoms with van der Waals surface area (Å²) in [6, 6.07) is 5.14. The number of ketones is 1. The number of rotatable bonds is 2. The quantitative estimate of drug-likeness (QED) is 0.209. The monoisotopic (exact) mass is 432 g/mol. The fraction of sp³-hybridized carbons (Fsp3) is 0.312. The number of carbonyl (C=O) groups is 2. The molecule has 0 saturated carbocycles. The molecule has 3 rings (SSSR count). The zero-order valence-electron chi connectivity index (χ0n) is 15.0. The predicted molar refractivity (Wildman–Crippen MR) is 106 cm³/mol. The SMILES string of the molecule is CS(=O)(=O)O.NN=CNC(=O)c1cc2c(Cl)ccc3c2n1CCCCC3=O.O. The zero-order valence-corrected chi connectivity index (χ0v) is 16.5. The Morgan fingerprint density at radius 2 is 2.04 bits per heavy atom. The van der Waals surface area contributed by atoms with Gasteiger partial charge >= 0.3 is 0 Å². The number of amides is 1. The average molecular weight is 433 g/mol. The summed E-state index contributed by atoms with van der Waals surface area (Å²) in [6.45, 7) is 0.659. The third-order valence-corrected chi connectivity index (χ3v) is 4.17. The van der Waals surface area contributed by atoms with Crippen molar-refractivity contribution < 1.29 is 28.0 Å². The Balaban J connectivity index is 0.000000584. The molecule has 0 aliphatic carbocycles. The number of hydrogen-bond donors (Lipinski definition) is 3. The van der Waals surface area contributed by atoms with Gasteiger partial charge in [0.05, 0.1) is 16.8 Å². The second-order valence-corrected chi connectivity index (χ2v) is 7.78. The summed E-state index contributed by atoms with van der Waals surface area (Å²) in [5.74, 6) is 4.75. The van der Waals surface area contributed by atoms with Crippen LogP contribution in [0.4, 0.5) is 0 Å². The van der Waals surface area contributed by atoms with Crippen molar-refractivity contribution >= 4 is 50.7 Å². The van der Waals surface area contributed by atoms with E-state index in [0.717, 1.165) is 24.7 Å². The summed E-state index contributed by atoms with van der Waals surface area (Å²) in [4.78, 5) is 24.6. The number of hydrogen-bond acceptors (Lipinski definition) is 6. The highest BCUT2D eigenvalue weighted by molar-refractivity contribution is 7.85. The highest BCUT2D eigenvalue weighted by atomic mass is 35.5. The maximum atomic E-state index is 12.3. The van der Waals surface area contributed by atoms with E-state index >= 15 is 0 Å². The molecule has 10 nitrogen and oxygen atoms in total. The van der Waals surface area contributed by atoms with E-state index in [0.29, 0.717) is 40.9 Å². The number of carbonyl (C=O) groups excluding carboxylic acids is 2. The van der Waals surface area contributed by atoms with Gasteiger partial charge in [0, 0.05) is 23.9 Å². The van der Waals surface area contributed by atoms with Crippen LogP contribution in [0.3, 0.4) is 0 Å². The number of aryl methyl sites for hydroxylation is 1. The number of Topliss-reactive ketones (excluding diaryl/α,β-unsaturated/α-hetero) is 1. The van der Waals surface area contributed by atoms with Gasteiger partial charge in [-0.25, -0.2) is 0 Å². The van der Waals surface area contributed by atoms with Crippen LogP contribution >= 0.6 is 11.6 Å². The van der Waals surface area contributed by atoms with Crippen molar-refractivity contribution in [1.29, 1.82) is 0 Å². The molecule has 12 heteroatoms. The number of hydrazone groups is 1. The van der Waals surface area contributed by atoms with Gasteiger partial charge < -0.3 is 21.2 Å². The fourth-order valence-electron chi connectivity index (χ4n) is 2.85. The second kappa shape index (κ2) is 9.64. The highest BCUT2D eigenvalue weighted by Crippen LogP contribution is 2.32. The van der Waals surface area contributed by atoms with Crippen LogP contribution in [0.1, 0.15) is 40.1 Å². The first-order valence-corrected chi connectivity index (χ1v) is 10.2. The molecule has 0 bridgehead atoms. The van der Waals surface area contributed by atoms with Gasteiger partial charge in [-0.1, -0.05) is 11.6 Å². The van der Waals surface area contributed by atoms with E-state index in [1.54, 1.807) is 18.2 Å². The highest BCUT2D eigenvalue weighted by Gasteiger charge is 2.23. The number of benzene rings is 1. The van der Waals surface area contributed by atoms with Crippen LogP contribution in [-0.4, -0.2) is 47.3 Å². The lowest BCUT2D eigenvalue weighted by molar-refractivity contribution is 0.0958. The minimum absolute atomic E-state index is 0. The van der Waals surface area contributed by atoms with E-state index in [-0.39, 0.29) is 17.2 Å². The molecule has 28 heavy (non-hydrogen) atoms. The van der Waals surface area contributed by atoms with Crippen LogP contribution < -0.4 is 11.2 Å². The van der Waals surface area contributed by atoms with Gasteiger partial charge in [-0.15, -0.1) is 0 Å². The molecular weight excluding hydrogens is 412 g/mol. The molecule has 154 valence electrons. The Morgan fingerprint density at radius 3 is 2.64 bits per heavy atom. The lowest BCUT2D eigenvalue weighted by Gasteiger charge is -2.15. The topological polar surface area (TPSA) is 175 Å². The fourth-order valence-corrected chi connectivity index (χ4v) is 3.06. The molecule has 1 aliphatic heterocycles. The van der Waals surface area contributed by atoms with E-state index in [9.17, 15) is 18.0 Å². The van der Waals surface area contributed by atoms with Crippen molar-refractivity contribution in [2.24, 2.45) is 10.9 Å². The molecule has 1 aromatic carbocycles. The third kappa shape index (κ3) is 5.76. The standard InChI is InChI=1S/C15H15ClN4O2.CH4O3S.H2O/c16-11-5-4-9-13(21)3-1-2-6-20-12(7-10(11)14(9)20)15(22)18-8-19-17;1-5(2,3)4;/h4-5,7-8H,1-3,6,17H2,(H,18,19,22);1H3,(H,2,3,4);1H2. The van der Waals surface area contributed by atoms with E-state index in [2.05, 4.69) is 10.4 Å². The van der Waals surface area contributed by atoms with E-state index < -0.39 is 10.1 Å². The predicted octanol–water partition coefficient (Wildman–Crippen LogP) is 0.972. The lowest BCUT2D eigenvalue weighted by Crippen LogP contribution is -2.25. The number of halogens is 1. The first kappa shape index (κ1) is 23.6. The van der Waals surface area contributed by atoms with Gasteiger partial charge in [0.15, 0.2) is 5.78 Å². The first-order valence-electron chi connectivity index (χ1n) is 7.93. The maximum Gasteiger partial charge on any atom is 0.273 e. The molecule has 1 aliphatic rings. The molecule has 0 saturated heterocycles. The first-order chi connectivity index (χ1) is 12.6. The summed E-state index contributed by atoms with van der Waals surface area (Å²) < 4.78 is 27.7. The molecule has 0 unspecified atom stereocenters. The normalized spacial score (nSPS) is 13.9. The Morgan fingerprint density at radius 1 is 1.39 bits per heavy atom. The zero-order chi connectivity index (χ0) is 20.2. The largest absolute Gasteiger partial charge is 0.412 e. The van der Waals surface area contributed by atoms with Gasteiger partial charge in [-0.3, -0.25) is 14.1 Å². The third-order valence-electron chi connectivity index (χ3n) is 3.84. The molecule has 2 aromatic rings. The summed E-state index contributed by atoms with van der Waals surface area (Å²) in [5.41, 5.74) is 1.79. The molecule has 1 amide bonds. The van der Waals surface area contributed by atoms with Crippen molar-refractivity contribution in [2.45, 2.75) is 25.8 Å². The van der Waals surface area contributed by atoms with Crippen molar-refractivity contribution in [3.05, 3.63) is 34.5 Å². The van der Waals surface area contributed by atoms with E-state index in [1.165, 1.54) is 0 Å². The molecule has 0 radical (unpaired) electrons. The Labute approximate surface area is 166 Å². The molecule has 6 N–H and O–H groups in total. The molecular formula is C16H21ClN4O6S. The van der Waals surface area contributed by atoms with E-state index in [4.69, 9.17) is 22.0 Å². The van der Waals surface area contributed by atoms with Crippen LogP contribution in [0, 0.1) is 0 Å². The van der Waals surface area contributed by atoms with Gasteiger partial charge in [-0.2, -0.15) is 13.5 Å². The Hall–Kier alpha value is -2.47. The van der Waals surface area contributed by atoms with Crippen LogP contribution in [0.25, 0.3) is 10.9 Å². The van der Waals surface area contributed by atoms with E-state index in [1.807, 2.05) is 4.57 Å². The molecule has 0 spiro atoms. The average Bonchev–Trinajstić information content (AvgIpc) is 2.94. The van der Waals surface area contributed by atoms with Gasteiger partial charge in [0.25, 0.3) is 16.0 Å².